The van der Waals surface area contributed by atoms with Crippen molar-refractivity contribution >= 4 is 17.4 Å². The summed E-state index contributed by atoms with van der Waals surface area (Å²) in [6.07, 6.45) is 7.56. The van der Waals surface area contributed by atoms with Crippen molar-refractivity contribution in [1.82, 2.24) is 40.3 Å². The smallest absolute Gasteiger partial charge is 0.190 e. The van der Waals surface area contributed by atoms with E-state index < -0.39 is 5.82 Å². The summed E-state index contributed by atoms with van der Waals surface area (Å²) in [4.78, 5) is 4.31. The van der Waals surface area contributed by atoms with Crippen molar-refractivity contribution < 1.29 is 4.39 Å². The molecule has 0 radical (unpaired) electrons. The Hall–Kier alpha value is -3.37. The average molecular weight is 440 g/mol. The number of nitrogen functional groups attached to an aromatic ring is 1. The molecule has 31 heavy (non-hydrogen) atoms. The van der Waals surface area contributed by atoms with Crippen LogP contribution >= 0.6 is 11.6 Å². The van der Waals surface area contributed by atoms with E-state index in [9.17, 15) is 4.39 Å². The lowest BCUT2D eigenvalue weighted by molar-refractivity contribution is 0.343. The summed E-state index contributed by atoms with van der Waals surface area (Å²) in [6, 6.07) is 6.37. The minimum absolute atomic E-state index is 0.121. The first-order valence-corrected chi connectivity index (χ1v) is 10.2. The number of hydrogen-bond acceptors (Lipinski definition) is 7. The molecule has 5 rings (SSSR count). The standard InChI is InChI=1S/C20H19ClFN9/c21-14-1-2-17(22)18(8-14)31-20(27-28-29-31)16-7-12(9-25-19(16)23)13-10-26-30(11-13)15-3-5-24-6-4-15/h1-2,7-11,15,24H,3-6H2,(H2,23,25). The second kappa shape index (κ2) is 8.05. The van der Waals surface area contributed by atoms with Gasteiger partial charge in [-0.15, -0.1) is 5.10 Å². The van der Waals surface area contributed by atoms with E-state index in [1.165, 1.54) is 22.9 Å². The predicted molar refractivity (Wildman–Crippen MR) is 114 cm³/mol. The second-order valence-corrected chi connectivity index (χ2v) is 7.79. The van der Waals surface area contributed by atoms with Crippen molar-refractivity contribution in [3.05, 3.63) is 53.7 Å². The van der Waals surface area contributed by atoms with Crippen LogP contribution in [-0.4, -0.2) is 48.1 Å². The van der Waals surface area contributed by atoms with Crippen LogP contribution in [0.5, 0.6) is 0 Å². The molecule has 3 aromatic heterocycles. The first-order chi connectivity index (χ1) is 15.1. The molecule has 11 heteroatoms. The lowest BCUT2D eigenvalue weighted by atomic mass is 10.1. The Balaban J connectivity index is 1.53. The summed E-state index contributed by atoms with van der Waals surface area (Å²) in [5.74, 6) is -0.0179. The van der Waals surface area contributed by atoms with Crippen LogP contribution in [0.25, 0.3) is 28.2 Å². The molecule has 0 unspecified atom stereocenters. The summed E-state index contributed by atoms with van der Waals surface area (Å²) in [5, 5.41) is 19.9. The molecule has 1 aliphatic rings. The largest absolute Gasteiger partial charge is 0.383 e. The van der Waals surface area contributed by atoms with Gasteiger partial charge >= 0.3 is 0 Å². The van der Waals surface area contributed by atoms with Crippen LogP contribution in [-0.2, 0) is 0 Å². The van der Waals surface area contributed by atoms with Gasteiger partial charge in [0.1, 0.15) is 17.3 Å². The Morgan fingerprint density at radius 3 is 2.81 bits per heavy atom. The zero-order valence-electron chi connectivity index (χ0n) is 16.4. The van der Waals surface area contributed by atoms with E-state index >= 15 is 0 Å². The zero-order chi connectivity index (χ0) is 21.4. The highest BCUT2D eigenvalue weighted by molar-refractivity contribution is 6.30. The lowest BCUT2D eigenvalue weighted by Gasteiger charge is -2.22. The Morgan fingerprint density at radius 1 is 1.13 bits per heavy atom. The third kappa shape index (κ3) is 3.75. The number of pyridine rings is 1. The zero-order valence-corrected chi connectivity index (χ0v) is 17.2. The van der Waals surface area contributed by atoms with E-state index in [1.54, 1.807) is 12.4 Å². The molecule has 1 aliphatic heterocycles. The number of nitrogens with one attached hydrogen (secondary N) is 1. The number of aromatic nitrogens is 7. The summed E-state index contributed by atoms with van der Waals surface area (Å²) in [7, 11) is 0. The van der Waals surface area contributed by atoms with Crippen molar-refractivity contribution in [3.63, 3.8) is 0 Å². The summed E-state index contributed by atoms with van der Waals surface area (Å²) >= 11 is 6.04. The van der Waals surface area contributed by atoms with Crippen LogP contribution in [0.4, 0.5) is 10.2 Å². The summed E-state index contributed by atoms with van der Waals surface area (Å²) < 4.78 is 17.7. The Bertz CT molecular complexity index is 1230. The molecule has 0 atom stereocenters. The highest BCUT2D eigenvalue weighted by Gasteiger charge is 2.20. The number of benzene rings is 1. The van der Waals surface area contributed by atoms with Gasteiger partial charge in [0.2, 0.25) is 0 Å². The number of rotatable bonds is 4. The van der Waals surface area contributed by atoms with Crippen LogP contribution in [0.1, 0.15) is 18.9 Å². The van der Waals surface area contributed by atoms with Gasteiger partial charge in [-0.05, 0) is 60.6 Å². The first kappa shape index (κ1) is 19.6. The van der Waals surface area contributed by atoms with Crippen LogP contribution in [0, 0.1) is 5.82 Å². The van der Waals surface area contributed by atoms with Crippen molar-refractivity contribution in [1.29, 1.82) is 0 Å². The Kier molecular flexibility index (Phi) is 5.08. The summed E-state index contributed by atoms with van der Waals surface area (Å²) in [5.41, 5.74) is 8.45. The van der Waals surface area contributed by atoms with Gasteiger partial charge in [0.05, 0.1) is 17.8 Å². The van der Waals surface area contributed by atoms with Gasteiger partial charge in [0, 0.05) is 28.5 Å². The van der Waals surface area contributed by atoms with E-state index in [0.717, 1.165) is 37.1 Å². The molecule has 0 saturated carbocycles. The van der Waals surface area contributed by atoms with Crippen LogP contribution < -0.4 is 11.1 Å². The fourth-order valence-electron chi connectivity index (χ4n) is 3.74. The van der Waals surface area contributed by atoms with E-state index in [2.05, 4.69) is 30.9 Å². The minimum Gasteiger partial charge on any atom is -0.383 e. The summed E-state index contributed by atoms with van der Waals surface area (Å²) in [6.45, 7) is 1.96. The Labute approximate surface area is 182 Å². The fourth-order valence-corrected chi connectivity index (χ4v) is 3.90. The van der Waals surface area contributed by atoms with Gasteiger partial charge in [-0.3, -0.25) is 4.68 Å². The van der Waals surface area contributed by atoms with Crippen LogP contribution in [0.15, 0.2) is 42.9 Å². The topological polar surface area (TPSA) is 112 Å². The van der Waals surface area contributed by atoms with Crippen molar-refractivity contribution in [2.45, 2.75) is 18.9 Å². The Morgan fingerprint density at radius 2 is 1.97 bits per heavy atom. The number of anilines is 1. The van der Waals surface area contributed by atoms with Gasteiger partial charge < -0.3 is 11.1 Å². The molecule has 1 fully saturated rings. The van der Waals surface area contributed by atoms with Crippen molar-refractivity contribution in [2.24, 2.45) is 0 Å². The average Bonchev–Trinajstić information content (AvgIpc) is 3.47. The van der Waals surface area contributed by atoms with Gasteiger partial charge in [0.25, 0.3) is 0 Å². The maximum absolute atomic E-state index is 14.4. The van der Waals surface area contributed by atoms with E-state index in [-0.39, 0.29) is 17.3 Å². The molecule has 3 N–H and O–H groups in total. The third-order valence-corrected chi connectivity index (χ3v) is 5.62. The SMILES string of the molecule is Nc1ncc(-c2cnn(C3CCNCC3)c2)cc1-c1nnnn1-c1cc(Cl)ccc1F. The van der Waals surface area contributed by atoms with Gasteiger partial charge in [-0.25, -0.2) is 9.37 Å². The van der Waals surface area contributed by atoms with Crippen molar-refractivity contribution in [2.75, 3.05) is 18.8 Å². The monoisotopic (exact) mass is 439 g/mol. The molecular weight excluding hydrogens is 421 g/mol. The third-order valence-electron chi connectivity index (χ3n) is 5.38. The number of halogens is 2. The lowest BCUT2D eigenvalue weighted by Crippen LogP contribution is -2.29. The van der Waals surface area contributed by atoms with Gasteiger partial charge in [-0.2, -0.15) is 9.78 Å². The first-order valence-electron chi connectivity index (χ1n) is 9.85. The second-order valence-electron chi connectivity index (χ2n) is 7.36. The normalized spacial score (nSPS) is 14.8. The highest BCUT2D eigenvalue weighted by atomic mass is 35.5. The number of tetrazole rings is 1. The molecule has 158 valence electrons. The molecule has 0 aliphatic carbocycles. The molecule has 0 amide bonds. The number of nitrogens with two attached hydrogens (primary N) is 1. The van der Waals surface area contributed by atoms with E-state index in [0.29, 0.717) is 16.6 Å². The quantitative estimate of drug-likeness (QED) is 0.502. The molecule has 1 saturated heterocycles. The maximum Gasteiger partial charge on any atom is 0.190 e. The van der Waals surface area contributed by atoms with Crippen LogP contribution in [0.2, 0.25) is 5.02 Å². The number of piperidine rings is 1. The molecule has 0 spiro atoms. The molecule has 0 bridgehead atoms. The molecular formula is C20H19ClFN9. The number of hydrogen-bond donors (Lipinski definition) is 2. The number of nitrogens with zero attached hydrogens (tertiary/aromatic N) is 7. The van der Waals surface area contributed by atoms with Crippen LogP contribution in [0.3, 0.4) is 0 Å². The fraction of sp³-hybridized carbons (Fsp3) is 0.250. The van der Waals surface area contributed by atoms with Gasteiger partial charge in [-0.1, -0.05) is 11.6 Å². The van der Waals surface area contributed by atoms with Gasteiger partial charge in [0.15, 0.2) is 5.82 Å². The van der Waals surface area contributed by atoms with E-state index in [1.807, 2.05) is 16.9 Å². The molecule has 1 aromatic carbocycles. The highest BCUT2D eigenvalue weighted by Crippen LogP contribution is 2.31. The minimum atomic E-state index is -0.510. The molecule has 4 aromatic rings. The molecule has 9 nitrogen and oxygen atoms in total. The van der Waals surface area contributed by atoms with E-state index in [4.69, 9.17) is 17.3 Å². The predicted octanol–water partition coefficient (Wildman–Crippen LogP) is 2.89. The maximum atomic E-state index is 14.4. The molecule has 4 heterocycles. The van der Waals surface area contributed by atoms with Crippen molar-refractivity contribution in [3.8, 4) is 28.2 Å².